The van der Waals surface area contributed by atoms with Crippen molar-refractivity contribution < 1.29 is 19.0 Å². The summed E-state index contributed by atoms with van der Waals surface area (Å²) in [5.41, 5.74) is 7.59. The molecule has 0 radical (unpaired) electrons. The summed E-state index contributed by atoms with van der Waals surface area (Å²) in [6, 6.07) is 8.33. The van der Waals surface area contributed by atoms with Crippen LogP contribution < -0.4 is 16.0 Å². The van der Waals surface area contributed by atoms with Gasteiger partial charge in [-0.2, -0.15) is 0 Å². The van der Waals surface area contributed by atoms with Gasteiger partial charge in [0.1, 0.15) is 5.75 Å². The summed E-state index contributed by atoms with van der Waals surface area (Å²) < 4.78 is 19.5. The fourth-order valence-electron chi connectivity index (χ4n) is 4.47. The number of nitrogens with zero attached hydrogens (tertiary/aromatic N) is 5. The van der Waals surface area contributed by atoms with Crippen LogP contribution in [0.15, 0.2) is 51.2 Å². The molecule has 0 aliphatic carbocycles. The molecule has 11 nitrogen and oxygen atoms in total. The van der Waals surface area contributed by atoms with Crippen molar-refractivity contribution in [1.82, 2.24) is 9.13 Å². The molecule has 11 heteroatoms. The van der Waals surface area contributed by atoms with Gasteiger partial charge in [-0.25, -0.2) is 4.79 Å². The first-order chi connectivity index (χ1) is 16.3. The van der Waals surface area contributed by atoms with Crippen molar-refractivity contribution >= 4 is 5.97 Å². The normalized spacial score (nSPS) is 23.8. The van der Waals surface area contributed by atoms with Crippen molar-refractivity contribution in [3.05, 3.63) is 73.4 Å². The molecule has 0 spiro atoms. The summed E-state index contributed by atoms with van der Waals surface area (Å²) in [5, 5.41) is 3.62. The Labute approximate surface area is 196 Å². The van der Waals surface area contributed by atoms with Crippen molar-refractivity contribution in [2.45, 2.75) is 58.1 Å². The van der Waals surface area contributed by atoms with E-state index in [9.17, 15) is 14.4 Å². The topological polar surface area (TPSA) is 138 Å². The van der Waals surface area contributed by atoms with Crippen molar-refractivity contribution in [2.24, 2.45) is 11.0 Å². The lowest BCUT2D eigenvalue weighted by atomic mass is 9.82. The van der Waals surface area contributed by atoms with E-state index in [4.69, 9.17) is 19.7 Å². The molecule has 1 fully saturated rings. The second-order valence-electron chi connectivity index (χ2n) is 8.27. The molecule has 0 bridgehead atoms. The molecule has 1 saturated heterocycles. The van der Waals surface area contributed by atoms with E-state index in [2.05, 4.69) is 10.0 Å². The molecule has 1 aliphatic heterocycles. The number of azide groups is 1. The van der Waals surface area contributed by atoms with E-state index in [1.807, 2.05) is 13.8 Å². The molecule has 0 amide bonds. The summed E-state index contributed by atoms with van der Waals surface area (Å²) in [6.45, 7) is 5.35. The van der Waals surface area contributed by atoms with Gasteiger partial charge in [0.2, 0.25) is 0 Å². The van der Waals surface area contributed by atoms with Crippen LogP contribution in [0.3, 0.4) is 0 Å². The van der Waals surface area contributed by atoms with Gasteiger partial charge in [0.15, 0.2) is 12.3 Å². The Morgan fingerprint density at radius 2 is 1.97 bits per heavy atom. The van der Waals surface area contributed by atoms with E-state index >= 15 is 0 Å². The van der Waals surface area contributed by atoms with E-state index < -0.39 is 35.2 Å². The first kappa shape index (κ1) is 25.1. The number of carbonyl (C=O) groups is 1. The summed E-state index contributed by atoms with van der Waals surface area (Å²) in [4.78, 5) is 40.7. The summed E-state index contributed by atoms with van der Waals surface area (Å²) >= 11 is 0. The van der Waals surface area contributed by atoms with Crippen LogP contribution in [0.25, 0.3) is 10.4 Å². The maximum absolute atomic E-state index is 13.4. The Kier molecular flexibility index (Phi) is 7.80. The molecule has 0 N–H and O–H groups in total. The fourth-order valence-corrected chi connectivity index (χ4v) is 4.47. The van der Waals surface area contributed by atoms with Crippen molar-refractivity contribution in [1.29, 1.82) is 0 Å². The van der Waals surface area contributed by atoms with Gasteiger partial charge in [0.25, 0.3) is 5.56 Å². The molecular formula is C23H29N5O6. The molecule has 2 heterocycles. The minimum atomic E-state index is -0.944. The average Bonchev–Trinajstić information content (AvgIpc) is 3.08. The van der Waals surface area contributed by atoms with E-state index in [1.54, 1.807) is 31.4 Å². The fraction of sp³-hybridized carbons (Fsp3) is 0.522. The number of hydrogen-bond donors (Lipinski definition) is 0. The van der Waals surface area contributed by atoms with Crippen LogP contribution in [0.5, 0.6) is 5.75 Å². The Hall–Kier alpha value is -3.56. The molecule has 3 rings (SSSR count). The highest BCUT2D eigenvalue weighted by Gasteiger charge is 2.54. The van der Waals surface area contributed by atoms with Crippen LogP contribution in [-0.2, 0) is 20.8 Å². The van der Waals surface area contributed by atoms with Gasteiger partial charge in [-0.3, -0.25) is 18.7 Å². The van der Waals surface area contributed by atoms with Crippen LogP contribution in [0.2, 0.25) is 0 Å². The molecule has 2 aromatic rings. The molecular weight excluding hydrogens is 442 g/mol. The number of methoxy groups -OCH3 is 1. The summed E-state index contributed by atoms with van der Waals surface area (Å²) in [6.07, 6.45) is 0.586. The van der Waals surface area contributed by atoms with Crippen LogP contribution in [0.1, 0.15) is 45.4 Å². The maximum atomic E-state index is 13.4. The van der Waals surface area contributed by atoms with Crippen molar-refractivity contribution in [2.75, 3.05) is 13.7 Å². The zero-order valence-electron chi connectivity index (χ0n) is 19.7. The van der Waals surface area contributed by atoms with Gasteiger partial charge in [0.05, 0.1) is 19.3 Å². The van der Waals surface area contributed by atoms with Crippen molar-refractivity contribution in [3.8, 4) is 5.75 Å². The SMILES string of the molecule is CC[C@@]1(CCN=[N+]=[N-])O[C@@H](n2ccc(=O)n(Cc3ccc(OC)cc3)c2=O)[C@@H](OC(C)=O)C1C. The minimum absolute atomic E-state index is 0.0544. The molecule has 1 aliphatic rings. The number of carbonyl (C=O) groups excluding carboxylic acids is 1. The largest absolute Gasteiger partial charge is 0.497 e. The number of aromatic nitrogens is 2. The molecule has 1 aromatic heterocycles. The lowest BCUT2D eigenvalue weighted by molar-refractivity contribution is -0.154. The first-order valence-electron chi connectivity index (χ1n) is 11.1. The maximum Gasteiger partial charge on any atom is 0.333 e. The van der Waals surface area contributed by atoms with Crippen LogP contribution in [0.4, 0.5) is 0 Å². The van der Waals surface area contributed by atoms with Gasteiger partial charge in [0, 0.05) is 36.6 Å². The summed E-state index contributed by atoms with van der Waals surface area (Å²) in [7, 11) is 1.56. The third-order valence-corrected chi connectivity index (χ3v) is 6.43. The average molecular weight is 472 g/mol. The second-order valence-corrected chi connectivity index (χ2v) is 8.27. The van der Waals surface area contributed by atoms with E-state index in [1.165, 1.54) is 23.8 Å². The highest BCUT2D eigenvalue weighted by Crippen LogP contribution is 2.46. The van der Waals surface area contributed by atoms with E-state index in [-0.39, 0.29) is 19.0 Å². The third-order valence-electron chi connectivity index (χ3n) is 6.43. The van der Waals surface area contributed by atoms with Gasteiger partial charge in [-0.1, -0.05) is 31.1 Å². The van der Waals surface area contributed by atoms with Gasteiger partial charge >= 0.3 is 11.7 Å². The van der Waals surface area contributed by atoms with E-state index in [0.717, 1.165) is 10.1 Å². The van der Waals surface area contributed by atoms with E-state index in [0.29, 0.717) is 18.6 Å². The van der Waals surface area contributed by atoms with Gasteiger partial charge in [-0.15, -0.1) is 0 Å². The van der Waals surface area contributed by atoms with Crippen LogP contribution >= 0.6 is 0 Å². The molecule has 4 atom stereocenters. The van der Waals surface area contributed by atoms with Crippen LogP contribution in [-0.4, -0.2) is 40.5 Å². The van der Waals surface area contributed by atoms with Crippen LogP contribution in [0, 0.1) is 5.92 Å². The highest BCUT2D eigenvalue weighted by molar-refractivity contribution is 5.66. The molecule has 1 aromatic carbocycles. The number of esters is 1. The first-order valence-corrected chi connectivity index (χ1v) is 11.1. The Balaban J connectivity index is 2.02. The van der Waals surface area contributed by atoms with Gasteiger partial charge in [-0.05, 0) is 36.1 Å². The highest BCUT2D eigenvalue weighted by atomic mass is 16.6. The predicted molar refractivity (Wildman–Crippen MR) is 124 cm³/mol. The van der Waals surface area contributed by atoms with Gasteiger partial charge < -0.3 is 14.2 Å². The lowest BCUT2D eigenvalue weighted by Gasteiger charge is -2.31. The quantitative estimate of drug-likeness (QED) is 0.238. The molecule has 182 valence electrons. The number of benzene rings is 1. The molecule has 34 heavy (non-hydrogen) atoms. The predicted octanol–water partition coefficient (Wildman–Crippen LogP) is 3.01. The standard InChI is InChI=1S/C23H29N5O6/c1-5-23(11-12-25-26-24)15(2)20(33-16(3)29)21(34-23)27-13-10-19(30)28(22(27)31)14-17-6-8-18(32-4)9-7-17/h6-10,13,15,20-21H,5,11-12,14H2,1-4H3/t15?,20-,21+,23-/m0/s1. The summed E-state index contributed by atoms with van der Waals surface area (Å²) in [5.74, 6) is -0.142. The Morgan fingerprint density at radius 1 is 1.26 bits per heavy atom. The zero-order chi connectivity index (χ0) is 24.9. The third kappa shape index (κ3) is 5.00. The molecule has 0 saturated carbocycles. The van der Waals surface area contributed by atoms with Crippen molar-refractivity contribution in [3.63, 3.8) is 0 Å². The number of hydrogen-bond acceptors (Lipinski definition) is 7. The number of rotatable bonds is 9. The monoisotopic (exact) mass is 471 g/mol. The second kappa shape index (κ2) is 10.6. The Bertz CT molecular complexity index is 1180. The lowest BCUT2D eigenvalue weighted by Crippen LogP contribution is -2.43. The minimum Gasteiger partial charge on any atom is -0.497 e. The number of ether oxygens (including phenoxy) is 3. The molecule has 1 unspecified atom stereocenters. The zero-order valence-corrected chi connectivity index (χ0v) is 19.7. The smallest absolute Gasteiger partial charge is 0.333 e. The Morgan fingerprint density at radius 3 is 2.56 bits per heavy atom.